The lowest BCUT2D eigenvalue weighted by Crippen LogP contribution is -2.07. The van der Waals surface area contributed by atoms with Crippen LogP contribution in [0.25, 0.3) is 6.08 Å². The van der Waals surface area contributed by atoms with Gasteiger partial charge in [-0.05, 0) is 31.6 Å². The van der Waals surface area contributed by atoms with Gasteiger partial charge in [-0.25, -0.2) is 9.59 Å². The molecule has 1 aromatic rings. The number of benzene rings is 1. The number of hydrogen-bond acceptors (Lipinski definition) is 4. The van der Waals surface area contributed by atoms with Crippen molar-refractivity contribution < 1.29 is 19.1 Å². The highest BCUT2D eigenvalue weighted by molar-refractivity contribution is 5.98. The molecule has 0 aliphatic heterocycles. The van der Waals surface area contributed by atoms with Crippen molar-refractivity contribution in [3.63, 3.8) is 0 Å². The van der Waals surface area contributed by atoms with E-state index in [1.54, 1.807) is 19.9 Å². The van der Waals surface area contributed by atoms with Crippen molar-refractivity contribution >= 4 is 18.0 Å². The fourth-order valence-electron chi connectivity index (χ4n) is 1.47. The van der Waals surface area contributed by atoms with Gasteiger partial charge in [0.2, 0.25) is 0 Å². The van der Waals surface area contributed by atoms with E-state index in [2.05, 4.69) is 0 Å². The fourth-order valence-corrected chi connectivity index (χ4v) is 1.47. The van der Waals surface area contributed by atoms with E-state index in [0.717, 1.165) is 5.56 Å². The summed E-state index contributed by atoms with van der Waals surface area (Å²) in [7, 11) is 0. The summed E-state index contributed by atoms with van der Waals surface area (Å²) in [4.78, 5) is 23.1. The van der Waals surface area contributed by atoms with Crippen molar-refractivity contribution in [3.05, 3.63) is 53.6 Å². The summed E-state index contributed by atoms with van der Waals surface area (Å²) in [6, 6.07) is 9.33. The second-order valence-electron chi connectivity index (χ2n) is 3.82. The van der Waals surface area contributed by atoms with Crippen molar-refractivity contribution in [2.75, 3.05) is 13.2 Å². The van der Waals surface area contributed by atoms with Gasteiger partial charge >= 0.3 is 11.9 Å². The van der Waals surface area contributed by atoms with Gasteiger partial charge < -0.3 is 9.47 Å². The Morgan fingerprint density at radius 2 is 1.65 bits per heavy atom. The standard InChI is InChI=1S/C16H18O4/c1-3-19-15(17)11-10-14(16(18)20-4-2)12-13-8-6-5-7-9-13/h5-12H,3-4H2,1-2H3/b11-10+,14-12+. The smallest absolute Gasteiger partial charge is 0.338 e. The van der Waals surface area contributed by atoms with E-state index in [1.807, 2.05) is 30.3 Å². The molecule has 4 nitrogen and oxygen atoms in total. The van der Waals surface area contributed by atoms with E-state index in [-0.39, 0.29) is 6.61 Å². The Bertz CT molecular complexity index is 500. The molecule has 106 valence electrons. The molecule has 1 rings (SSSR count). The molecule has 0 saturated heterocycles. The summed E-state index contributed by atoms with van der Waals surface area (Å²) in [5.74, 6) is -0.965. The van der Waals surface area contributed by atoms with Gasteiger partial charge in [-0.3, -0.25) is 0 Å². The van der Waals surface area contributed by atoms with E-state index < -0.39 is 11.9 Å². The van der Waals surface area contributed by atoms with Crippen molar-refractivity contribution in [2.45, 2.75) is 13.8 Å². The maximum absolute atomic E-state index is 11.8. The van der Waals surface area contributed by atoms with Gasteiger partial charge in [0.25, 0.3) is 0 Å². The van der Waals surface area contributed by atoms with Gasteiger partial charge in [0.15, 0.2) is 0 Å². The molecule has 0 N–H and O–H groups in total. The minimum atomic E-state index is -0.490. The van der Waals surface area contributed by atoms with Crippen molar-refractivity contribution in [2.24, 2.45) is 0 Å². The molecule has 0 atom stereocenters. The molecule has 0 aliphatic rings. The largest absolute Gasteiger partial charge is 0.463 e. The normalized spacial score (nSPS) is 11.4. The number of esters is 2. The lowest BCUT2D eigenvalue weighted by atomic mass is 10.1. The minimum Gasteiger partial charge on any atom is -0.463 e. The molecule has 0 aromatic heterocycles. The molecule has 0 bridgehead atoms. The number of carbonyl (C=O) groups excluding carboxylic acids is 2. The first-order chi connectivity index (χ1) is 9.67. The highest BCUT2D eigenvalue weighted by Gasteiger charge is 2.08. The first-order valence-electron chi connectivity index (χ1n) is 6.46. The second kappa shape index (κ2) is 8.69. The average Bonchev–Trinajstić information content (AvgIpc) is 2.45. The Kier molecular flexibility index (Phi) is 6.82. The van der Waals surface area contributed by atoms with E-state index in [9.17, 15) is 9.59 Å². The topological polar surface area (TPSA) is 52.6 Å². The van der Waals surface area contributed by atoms with Crippen molar-refractivity contribution in [3.8, 4) is 0 Å². The summed E-state index contributed by atoms with van der Waals surface area (Å²) < 4.78 is 9.74. The van der Waals surface area contributed by atoms with Crippen LogP contribution in [-0.4, -0.2) is 25.2 Å². The first kappa shape index (κ1) is 15.7. The van der Waals surface area contributed by atoms with E-state index in [1.165, 1.54) is 12.2 Å². The van der Waals surface area contributed by atoms with Crippen molar-refractivity contribution in [1.29, 1.82) is 0 Å². The summed E-state index contributed by atoms with van der Waals surface area (Å²) in [6.07, 6.45) is 4.28. The highest BCUT2D eigenvalue weighted by Crippen LogP contribution is 2.10. The summed E-state index contributed by atoms with van der Waals surface area (Å²) in [5.41, 5.74) is 1.15. The molecule has 0 spiro atoms. The second-order valence-corrected chi connectivity index (χ2v) is 3.82. The van der Waals surface area contributed by atoms with Crippen molar-refractivity contribution in [1.82, 2.24) is 0 Å². The lowest BCUT2D eigenvalue weighted by molar-refractivity contribution is -0.138. The van der Waals surface area contributed by atoms with Gasteiger partial charge in [0, 0.05) is 6.08 Å². The zero-order valence-corrected chi connectivity index (χ0v) is 11.7. The van der Waals surface area contributed by atoms with Gasteiger partial charge in [-0.1, -0.05) is 30.3 Å². The SMILES string of the molecule is CCOC(=O)/C=C/C(=C\c1ccccc1)C(=O)OCC. The molecule has 0 heterocycles. The lowest BCUT2D eigenvalue weighted by Gasteiger charge is -2.03. The third-order valence-corrected chi connectivity index (χ3v) is 2.32. The molecular weight excluding hydrogens is 256 g/mol. The van der Waals surface area contributed by atoms with Gasteiger partial charge in [-0.15, -0.1) is 0 Å². The van der Waals surface area contributed by atoms with Crippen LogP contribution in [0.4, 0.5) is 0 Å². The Morgan fingerprint density at radius 1 is 1.00 bits per heavy atom. The molecule has 0 unspecified atom stereocenters. The maximum atomic E-state index is 11.8. The zero-order valence-electron chi connectivity index (χ0n) is 11.7. The van der Waals surface area contributed by atoms with Crippen LogP contribution >= 0.6 is 0 Å². The molecule has 20 heavy (non-hydrogen) atoms. The Balaban J connectivity index is 2.94. The number of carbonyl (C=O) groups is 2. The third-order valence-electron chi connectivity index (χ3n) is 2.32. The van der Waals surface area contributed by atoms with Crippen LogP contribution < -0.4 is 0 Å². The van der Waals surface area contributed by atoms with Crippen LogP contribution in [0, 0.1) is 0 Å². The van der Waals surface area contributed by atoms with Crippen LogP contribution in [0.2, 0.25) is 0 Å². The molecule has 4 heteroatoms. The Morgan fingerprint density at radius 3 is 2.25 bits per heavy atom. The minimum absolute atomic E-state index is 0.276. The van der Waals surface area contributed by atoms with Gasteiger partial charge in [0.1, 0.15) is 0 Å². The molecule has 0 amide bonds. The summed E-state index contributed by atoms with van der Waals surface area (Å²) in [6.45, 7) is 4.02. The predicted molar refractivity (Wildman–Crippen MR) is 76.8 cm³/mol. The first-order valence-corrected chi connectivity index (χ1v) is 6.46. The van der Waals surface area contributed by atoms with Gasteiger partial charge in [-0.2, -0.15) is 0 Å². The summed E-state index contributed by atoms with van der Waals surface area (Å²) >= 11 is 0. The molecule has 0 aliphatic carbocycles. The molecule has 0 radical (unpaired) electrons. The van der Waals surface area contributed by atoms with E-state index in [4.69, 9.17) is 9.47 Å². The number of hydrogen-bond donors (Lipinski definition) is 0. The molecule has 1 aromatic carbocycles. The number of rotatable bonds is 6. The van der Waals surface area contributed by atoms with Gasteiger partial charge in [0.05, 0.1) is 18.8 Å². The van der Waals surface area contributed by atoms with E-state index in [0.29, 0.717) is 12.2 Å². The summed E-state index contributed by atoms with van der Waals surface area (Å²) in [5, 5.41) is 0. The Labute approximate surface area is 118 Å². The number of ether oxygens (including phenoxy) is 2. The molecule has 0 saturated carbocycles. The quantitative estimate of drug-likeness (QED) is 0.455. The Hall–Kier alpha value is -2.36. The van der Waals surface area contributed by atoms with E-state index >= 15 is 0 Å². The average molecular weight is 274 g/mol. The van der Waals surface area contributed by atoms with Crippen LogP contribution in [0.5, 0.6) is 0 Å². The zero-order chi connectivity index (χ0) is 14.8. The predicted octanol–water partition coefficient (Wildman–Crippen LogP) is 2.75. The fraction of sp³-hybridized carbons (Fsp3) is 0.250. The molecule has 0 fully saturated rings. The maximum Gasteiger partial charge on any atom is 0.338 e. The molecular formula is C16H18O4. The monoisotopic (exact) mass is 274 g/mol. The van der Waals surface area contributed by atoms with Crippen LogP contribution in [0.15, 0.2) is 48.1 Å². The highest BCUT2D eigenvalue weighted by atomic mass is 16.5. The van der Waals surface area contributed by atoms with Crippen LogP contribution in [0.3, 0.4) is 0 Å². The van der Waals surface area contributed by atoms with Crippen LogP contribution in [-0.2, 0) is 19.1 Å². The third kappa shape index (κ3) is 5.52. The van der Waals surface area contributed by atoms with Crippen LogP contribution in [0.1, 0.15) is 19.4 Å².